The van der Waals surface area contributed by atoms with Crippen LogP contribution < -0.4 is 5.14 Å². The van der Waals surface area contributed by atoms with Gasteiger partial charge < -0.3 is 4.74 Å². The van der Waals surface area contributed by atoms with Crippen LogP contribution in [0.2, 0.25) is 0 Å². The molecule has 0 radical (unpaired) electrons. The van der Waals surface area contributed by atoms with E-state index in [0.717, 1.165) is 18.6 Å². The molecule has 0 fully saturated rings. The normalized spacial score (nSPS) is 11.4. The third-order valence-corrected chi connectivity index (χ3v) is 4.15. The number of hydrogen-bond donors (Lipinski definition) is 1. The summed E-state index contributed by atoms with van der Waals surface area (Å²) < 4.78 is 40.9. The standard InChI is InChI=1S/C11H13BrFNO4S/c1-2-3-4-18-11(15)7-5-10(19(14,16)17)8(12)6-9(7)13/h5-6H,2-4H2,1H3,(H2,14,16,17). The molecule has 0 aliphatic carbocycles. The Kier molecular flexibility index (Phi) is 5.45. The molecule has 0 unspecified atom stereocenters. The van der Waals surface area contributed by atoms with Crippen molar-refractivity contribution in [2.24, 2.45) is 5.14 Å². The second-order valence-corrected chi connectivity index (χ2v) is 6.18. The van der Waals surface area contributed by atoms with Crippen molar-refractivity contribution < 1.29 is 22.3 Å². The molecule has 0 atom stereocenters. The Labute approximate surface area is 119 Å². The molecule has 1 rings (SSSR count). The fraction of sp³-hybridized carbons (Fsp3) is 0.364. The first kappa shape index (κ1) is 16.1. The summed E-state index contributed by atoms with van der Waals surface area (Å²) in [6, 6.07) is 1.74. The van der Waals surface area contributed by atoms with Crippen molar-refractivity contribution in [1.82, 2.24) is 0 Å². The summed E-state index contributed by atoms with van der Waals surface area (Å²) in [5.74, 6) is -1.79. The van der Waals surface area contributed by atoms with Crippen LogP contribution >= 0.6 is 15.9 Å². The van der Waals surface area contributed by atoms with Gasteiger partial charge in [0.15, 0.2) is 0 Å². The topological polar surface area (TPSA) is 86.5 Å². The summed E-state index contributed by atoms with van der Waals surface area (Å²) in [6.45, 7) is 2.06. The van der Waals surface area contributed by atoms with Gasteiger partial charge in [0, 0.05) is 4.47 Å². The zero-order chi connectivity index (χ0) is 14.6. The molecule has 106 valence electrons. The number of unbranched alkanes of at least 4 members (excludes halogenated alkanes) is 1. The molecular weight excluding hydrogens is 341 g/mol. The number of hydrogen-bond acceptors (Lipinski definition) is 4. The highest BCUT2D eigenvalue weighted by molar-refractivity contribution is 9.10. The van der Waals surface area contributed by atoms with Crippen molar-refractivity contribution in [3.05, 3.63) is 28.0 Å². The van der Waals surface area contributed by atoms with E-state index in [9.17, 15) is 17.6 Å². The number of ether oxygens (including phenoxy) is 1. The van der Waals surface area contributed by atoms with Crippen LogP contribution in [0.5, 0.6) is 0 Å². The Morgan fingerprint density at radius 3 is 2.63 bits per heavy atom. The smallest absolute Gasteiger partial charge is 0.341 e. The largest absolute Gasteiger partial charge is 0.462 e. The van der Waals surface area contributed by atoms with Crippen LogP contribution in [0.1, 0.15) is 30.1 Å². The number of carbonyl (C=O) groups excluding carboxylic acids is 1. The van der Waals surface area contributed by atoms with Gasteiger partial charge in [-0.05, 0) is 34.5 Å². The van der Waals surface area contributed by atoms with Crippen molar-refractivity contribution in [3.63, 3.8) is 0 Å². The van der Waals surface area contributed by atoms with Crippen LogP contribution in [0.25, 0.3) is 0 Å². The lowest BCUT2D eigenvalue weighted by atomic mass is 10.2. The Morgan fingerprint density at radius 1 is 1.47 bits per heavy atom. The highest BCUT2D eigenvalue weighted by atomic mass is 79.9. The Morgan fingerprint density at radius 2 is 2.11 bits per heavy atom. The van der Waals surface area contributed by atoms with Gasteiger partial charge in [-0.15, -0.1) is 0 Å². The number of carbonyl (C=O) groups is 1. The van der Waals surface area contributed by atoms with Gasteiger partial charge in [0.2, 0.25) is 10.0 Å². The first-order valence-electron chi connectivity index (χ1n) is 5.46. The second kappa shape index (κ2) is 6.44. The minimum atomic E-state index is -4.05. The van der Waals surface area contributed by atoms with Crippen molar-refractivity contribution >= 4 is 31.9 Å². The lowest BCUT2D eigenvalue weighted by Gasteiger charge is -2.08. The first-order valence-corrected chi connectivity index (χ1v) is 7.80. The highest BCUT2D eigenvalue weighted by Crippen LogP contribution is 2.25. The molecule has 0 amide bonds. The number of rotatable bonds is 5. The average Bonchev–Trinajstić information content (AvgIpc) is 2.27. The van der Waals surface area contributed by atoms with E-state index in [1.165, 1.54) is 0 Å². The minimum Gasteiger partial charge on any atom is -0.462 e. The fourth-order valence-corrected chi connectivity index (χ4v) is 2.90. The average molecular weight is 354 g/mol. The summed E-state index contributed by atoms with van der Waals surface area (Å²) in [4.78, 5) is 11.3. The van der Waals surface area contributed by atoms with E-state index < -0.39 is 27.4 Å². The Bertz CT molecular complexity index is 589. The molecule has 0 aliphatic heterocycles. The maximum Gasteiger partial charge on any atom is 0.341 e. The molecule has 2 N–H and O–H groups in total. The van der Waals surface area contributed by atoms with Gasteiger partial charge in [-0.2, -0.15) is 0 Å². The maximum absolute atomic E-state index is 13.6. The van der Waals surface area contributed by atoms with Crippen molar-refractivity contribution in [3.8, 4) is 0 Å². The van der Waals surface area contributed by atoms with E-state index in [1.54, 1.807) is 0 Å². The monoisotopic (exact) mass is 353 g/mol. The van der Waals surface area contributed by atoms with Crippen LogP contribution in [0.4, 0.5) is 4.39 Å². The van der Waals surface area contributed by atoms with E-state index in [1.807, 2.05) is 6.92 Å². The summed E-state index contributed by atoms with van der Waals surface area (Å²) in [7, 11) is -4.05. The quantitative estimate of drug-likeness (QED) is 0.649. The number of halogens is 2. The molecule has 1 aromatic rings. The van der Waals surface area contributed by atoms with Crippen molar-refractivity contribution in [2.45, 2.75) is 24.7 Å². The molecule has 0 aromatic heterocycles. The molecule has 0 saturated heterocycles. The Balaban J connectivity index is 3.11. The summed E-state index contributed by atoms with van der Waals surface area (Å²) in [6.07, 6.45) is 1.46. The fourth-order valence-electron chi connectivity index (χ4n) is 1.29. The molecular formula is C11H13BrFNO4S. The molecule has 5 nitrogen and oxygen atoms in total. The van der Waals surface area contributed by atoms with E-state index in [0.29, 0.717) is 6.42 Å². The van der Waals surface area contributed by atoms with E-state index in [-0.39, 0.29) is 16.0 Å². The van der Waals surface area contributed by atoms with Crippen LogP contribution in [0.3, 0.4) is 0 Å². The van der Waals surface area contributed by atoms with Crippen LogP contribution in [0, 0.1) is 5.82 Å². The molecule has 19 heavy (non-hydrogen) atoms. The second-order valence-electron chi connectivity index (χ2n) is 3.80. The third kappa shape index (κ3) is 4.26. The van der Waals surface area contributed by atoms with Crippen molar-refractivity contribution in [1.29, 1.82) is 0 Å². The van der Waals surface area contributed by atoms with Gasteiger partial charge in [-0.1, -0.05) is 13.3 Å². The summed E-state index contributed by atoms with van der Waals surface area (Å²) in [5.41, 5.74) is -0.455. The number of benzene rings is 1. The maximum atomic E-state index is 13.6. The lowest BCUT2D eigenvalue weighted by molar-refractivity contribution is 0.0494. The molecule has 8 heteroatoms. The Hall–Kier alpha value is -0.990. The summed E-state index contributed by atoms with van der Waals surface area (Å²) in [5, 5.41) is 4.97. The van der Waals surface area contributed by atoms with Gasteiger partial charge in [0.25, 0.3) is 0 Å². The van der Waals surface area contributed by atoms with Gasteiger partial charge in [-0.25, -0.2) is 22.7 Å². The zero-order valence-electron chi connectivity index (χ0n) is 10.2. The van der Waals surface area contributed by atoms with Gasteiger partial charge >= 0.3 is 5.97 Å². The van der Waals surface area contributed by atoms with Crippen LogP contribution in [-0.4, -0.2) is 21.0 Å². The predicted molar refractivity (Wildman–Crippen MR) is 70.7 cm³/mol. The van der Waals surface area contributed by atoms with Gasteiger partial charge in [0.05, 0.1) is 17.1 Å². The predicted octanol–water partition coefficient (Wildman–Crippen LogP) is 2.19. The number of esters is 1. The third-order valence-electron chi connectivity index (χ3n) is 2.28. The SMILES string of the molecule is CCCCOC(=O)c1cc(S(N)(=O)=O)c(Br)cc1F. The first-order chi connectivity index (χ1) is 8.77. The van der Waals surface area contributed by atoms with Crippen LogP contribution in [0.15, 0.2) is 21.5 Å². The van der Waals surface area contributed by atoms with Gasteiger partial charge in [0.1, 0.15) is 5.82 Å². The number of primary sulfonamides is 1. The lowest BCUT2D eigenvalue weighted by Crippen LogP contribution is -2.16. The highest BCUT2D eigenvalue weighted by Gasteiger charge is 2.21. The van der Waals surface area contributed by atoms with E-state index in [2.05, 4.69) is 15.9 Å². The van der Waals surface area contributed by atoms with Crippen molar-refractivity contribution in [2.75, 3.05) is 6.61 Å². The summed E-state index contributed by atoms with van der Waals surface area (Å²) >= 11 is 2.88. The number of nitrogens with two attached hydrogens (primary N) is 1. The molecule has 0 heterocycles. The van der Waals surface area contributed by atoms with E-state index in [4.69, 9.17) is 9.88 Å². The minimum absolute atomic E-state index is 0.0439. The molecule has 0 bridgehead atoms. The molecule has 0 spiro atoms. The number of sulfonamides is 1. The van der Waals surface area contributed by atoms with Gasteiger partial charge in [-0.3, -0.25) is 0 Å². The zero-order valence-corrected chi connectivity index (χ0v) is 12.6. The molecule has 0 aliphatic rings. The molecule has 1 aromatic carbocycles. The van der Waals surface area contributed by atoms with Crippen LogP contribution in [-0.2, 0) is 14.8 Å². The molecule has 0 saturated carbocycles. The van der Waals surface area contributed by atoms with E-state index >= 15 is 0 Å².